The van der Waals surface area contributed by atoms with Gasteiger partial charge in [-0.25, -0.2) is 10.4 Å². The van der Waals surface area contributed by atoms with E-state index in [1.165, 1.54) is 0 Å². The Hall–Kier alpha value is -3.59. The molecule has 1 atom stereocenters. The van der Waals surface area contributed by atoms with Crippen molar-refractivity contribution >= 4 is 17.5 Å². The second kappa shape index (κ2) is 11.3. The summed E-state index contributed by atoms with van der Waals surface area (Å²) in [5.41, 5.74) is 15.1. The standard InChI is InChI=1S/C23H28N6O4/c1-16(2)26-28-22(31)23(14-18-6-3-4-7-20(18)27-29-24)15-33-21(25-23)17-8-10-19(11-9-17)32-13-5-12-30/h3-4,6-11,16,26,30H,5,12-15H2,1-2H3,(H,28,31)/t23-/m0/s1. The minimum absolute atomic E-state index is 0.0330. The van der Waals surface area contributed by atoms with Gasteiger partial charge >= 0.3 is 0 Å². The van der Waals surface area contributed by atoms with Crippen LogP contribution in [0.2, 0.25) is 0 Å². The predicted octanol–water partition coefficient (Wildman–Crippen LogP) is 3.18. The highest BCUT2D eigenvalue weighted by molar-refractivity contribution is 6.00. The van der Waals surface area contributed by atoms with Crippen molar-refractivity contribution in [1.82, 2.24) is 10.9 Å². The molecule has 0 aliphatic carbocycles. The number of nitrogens with one attached hydrogen (secondary N) is 2. The lowest BCUT2D eigenvalue weighted by Crippen LogP contribution is -2.54. The Bertz CT molecular complexity index is 1030. The first-order valence-corrected chi connectivity index (χ1v) is 10.7. The number of aliphatic hydroxyl groups excluding tert-OH is 1. The zero-order valence-corrected chi connectivity index (χ0v) is 18.7. The van der Waals surface area contributed by atoms with E-state index < -0.39 is 5.54 Å². The molecule has 33 heavy (non-hydrogen) atoms. The third kappa shape index (κ3) is 6.23. The smallest absolute Gasteiger partial charge is 0.266 e. The van der Waals surface area contributed by atoms with Crippen LogP contribution < -0.4 is 15.6 Å². The number of aliphatic hydroxyl groups is 1. The zero-order chi connectivity index (χ0) is 23.7. The molecule has 0 aromatic heterocycles. The lowest BCUT2D eigenvalue weighted by molar-refractivity contribution is -0.127. The Morgan fingerprint density at radius 1 is 1.30 bits per heavy atom. The van der Waals surface area contributed by atoms with Crippen molar-refractivity contribution in [2.75, 3.05) is 19.8 Å². The van der Waals surface area contributed by atoms with Gasteiger partial charge in [0.1, 0.15) is 12.4 Å². The van der Waals surface area contributed by atoms with Crippen LogP contribution in [0, 0.1) is 0 Å². The van der Waals surface area contributed by atoms with E-state index in [0.717, 1.165) is 0 Å². The van der Waals surface area contributed by atoms with Crippen LogP contribution in [0.4, 0.5) is 5.69 Å². The van der Waals surface area contributed by atoms with Gasteiger partial charge in [0.25, 0.3) is 5.91 Å². The second-order valence-electron chi connectivity index (χ2n) is 7.94. The van der Waals surface area contributed by atoms with Crippen molar-refractivity contribution < 1.29 is 19.4 Å². The molecule has 1 aliphatic rings. The third-order valence-electron chi connectivity index (χ3n) is 4.96. The average molecular weight is 453 g/mol. The van der Waals surface area contributed by atoms with Gasteiger partial charge in [0, 0.05) is 41.7 Å². The zero-order valence-electron chi connectivity index (χ0n) is 18.7. The van der Waals surface area contributed by atoms with Crippen molar-refractivity contribution in [2.45, 2.75) is 38.3 Å². The maximum Gasteiger partial charge on any atom is 0.266 e. The van der Waals surface area contributed by atoms with Crippen molar-refractivity contribution in [3.8, 4) is 5.75 Å². The van der Waals surface area contributed by atoms with Crippen molar-refractivity contribution in [2.24, 2.45) is 10.1 Å². The Labute approximate surface area is 192 Å². The lowest BCUT2D eigenvalue weighted by Gasteiger charge is -2.24. The summed E-state index contributed by atoms with van der Waals surface area (Å²) in [5.74, 6) is 0.669. The number of nitrogens with zero attached hydrogens (tertiary/aromatic N) is 4. The van der Waals surface area contributed by atoms with Gasteiger partial charge in [0.2, 0.25) is 5.90 Å². The minimum atomic E-state index is -1.24. The summed E-state index contributed by atoms with van der Waals surface area (Å²) in [6.07, 6.45) is 0.747. The Morgan fingerprint density at radius 3 is 2.76 bits per heavy atom. The molecule has 0 unspecified atom stereocenters. The van der Waals surface area contributed by atoms with Crippen LogP contribution in [-0.2, 0) is 16.0 Å². The lowest BCUT2D eigenvalue weighted by atomic mass is 9.91. The largest absolute Gasteiger partial charge is 0.494 e. The molecule has 0 bridgehead atoms. The summed E-state index contributed by atoms with van der Waals surface area (Å²) in [7, 11) is 0. The van der Waals surface area contributed by atoms with Crippen LogP contribution in [0.5, 0.6) is 5.75 Å². The van der Waals surface area contributed by atoms with E-state index in [4.69, 9.17) is 25.1 Å². The molecule has 1 aliphatic heterocycles. The number of amides is 1. The van der Waals surface area contributed by atoms with Crippen molar-refractivity contribution in [3.63, 3.8) is 0 Å². The van der Waals surface area contributed by atoms with Crippen LogP contribution in [0.1, 0.15) is 31.4 Å². The number of hydrazine groups is 1. The molecule has 1 amide bonds. The van der Waals surface area contributed by atoms with E-state index in [0.29, 0.717) is 41.5 Å². The fraction of sp³-hybridized carbons (Fsp3) is 0.391. The predicted molar refractivity (Wildman–Crippen MR) is 124 cm³/mol. The van der Waals surface area contributed by atoms with Crippen LogP contribution in [0.15, 0.2) is 58.6 Å². The number of carbonyl (C=O) groups is 1. The van der Waals surface area contributed by atoms with E-state index in [-0.39, 0.29) is 31.6 Å². The van der Waals surface area contributed by atoms with Gasteiger partial charge in [0.15, 0.2) is 5.54 Å². The molecule has 10 heteroatoms. The number of hydrogen-bond acceptors (Lipinski definition) is 7. The summed E-state index contributed by atoms with van der Waals surface area (Å²) in [6.45, 7) is 4.35. The molecule has 0 spiro atoms. The minimum Gasteiger partial charge on any atom is -0.494 e. The molecule has 174 valence electrons. The average Bonchev–Trinajstić information content (AvgIpc) is 3.25. The monoisotopic (exact) mass is 452 g/mol. The molecule has 3 N–H and O–H groups in total. The fourth-order valence-corrected chi connectivity index (χ4v) is 3.28. The molecule has 0 radical (unpaired) electrons. The molecule has 0 fully saturated rings. The van der Waals surface area contributed by atoms with Gasteiger partial charge in [-0.1, -0.05) is 29.4 Å². The first-order chi connectivity index (χ1) is 16.0. The highest BCUT2D eigenvalue weighted by Crippen LogP contribution is 2.31. The van der Waals surface area contributed by atoms with E-state index in [1.807, 2.05) is 19.9 Å². The molecule has 0 saturated carbocycles. The molecule has 0 saturated heterocycles. The van der Waals surface area contributed by atoms with Gasteiger partial charge in [-0.15, -0.1) is 0 Å². The Balaban J connectivity index is 1.89. The molecular formula is C23H28N6O4. The van der Waals surface area contributed by atoms with Crippen molar-refractivity contribution in [3.05, 3.63) is 70.1 Å². The van der Waals surface area contributed by atoms with Crippen LogP contribution >= 0.6 is 0 Å². The molecule has 10 nitrogen and oxygen atoms in total. The quantitative estimate of drug-likeness (QED) is 0.158. The maximum atomic E-state index is 13.2. The summed E-state index contributed by atoms with van der Waals surface area (Å²) in [5, 5.41) is 12.6. The highest BCUT2D eigenvalue weighted by Gasteiger charge is 2.45. The summed E-state index contributed by atoms with van der Waals surface area (Å²) in [4.78, 5) is 20.8. The number of azide groups is 1. The Morgan fingerprint density at radius 2 is 2.06 bits per heavy atom. The van der Waals surface area contributed by atoms with E-state index in [9.17, 15) is 4.79 Å². The molecule has 2 aromatic carbocycles. The van der Waals surface area contributed by atoms with Gasteiger partial charge in [-0.3, -0.25) is 10.2 Å². The number of carbonyl (C=O) groups excluding carboxylic acids is 1. The first-order valence-electron chi connectivity index (χ1n) is 10.7. The Kier molecular flexibility index (Phi) is 8.26. The number of benzene rings is 2. The SMILES string of the molecule is CC(C)NNC(=O)[C@]1(Cc2ccccc2N=[N+]=[N-])COC(c2ccc(OCCCO)cc2)=N1. The van der Waals surface area contributed by atoms with Crippen LogP contribution in [0.3, 0.4) is 0 Å². The first kappa shape index (κ1) is 24.1. The van der Waals surface area contributed by atoms with Gasteiger partial charge in [0.05, 0.1) is 6.61 Å². The van der Waals surface area contributed by atoms with Gasteiger partial charge in [-0.2, -0.15) is 0 Å². The molecule has 1 heterocycles. The summed E-state index contributed by atoms with van der Waals surface area (Å²) >= 11 is 0. The fourth-order valence-electron chi connectivity index (χ4n) is 3.28. The highest BCUT2D eigenvalue weighted by atomic mass is 16.5. The van der Waals surface area contributed by atoms with Crippen molar-refractivity contribution in [1.29, 1.82) is 0 Å². The van der Waals surface area contributed by atoms with E-state index in [2.05, 4.69) is 20.9 Å². The van der Waals surface area contributed by atoms with Crippen LogP contribution in [-0.4, -0.2) is 48.3 Å². The third-order valence-corrected chi connectivity index (χ3v) is 4.96. The number of hydrogen-bond donors (Lipinski definition) is 3. The normalized spacial score (nSPS) is 17.2. The number of ether oxygens (including phenoxy) is 2. The van der Waals surface area contributed by atoms with Gasteiger partial charge in [-0.05, 0) is 49.2 Å². The second-order valence-corrected chi connectivity index (χ2v) is 7.94. The van der Waals surface area contributed by atoms with E-state index >= 15 is 0 Å². The van der Waals surface area contributed by atoms with Crippen LogP contribution in [0.25, 0.3) is 10.4 Å². The van der Waals surface area contributed by atoms with Gasteiger partial charge < -0.3 is 14.6 Å². The molecule has 2 aromatic rings. The maximum absolute atomic E-state index is 13.2. The topological polar surface area (TPSA) is 141 Å². The summed E-state index contributed by atoms with van der Waals surface area (Å²) in [6, 6.07) is 14.3. The molecular weight excluding hydrogens is 424 g/mol. The van der Waals surface area contributed by atoms with E-state index in [1.54, 1.807) is 42.5 Å². The summed E-state index contributed by atoms with van der Waals surface area (Å²) < 4.78 is 11.4. The molecule has 3 rings (SSSR count). The number of rotatable bonds is 11. The number of aliphatic imine (C=N–C) groups is 1.